The predicted octanol–water partition coefficient (Wildman–Crippen LogP) is 3.60. The SMILES string of the molecule is Clc1nc(-c2ccccc2)nc2nc3ccccc3n12. The summed E-state index contributed by atoms with van der Waals surface area (Å²) in [6, 6.07) is 17.5. The van der Waals surface area contributed by atoms with E-state index in [1.807, 2.05) is 54.6 Å². The molecule has 4 aromatic rings. The minimum atomic E-state index is 0.363. The fourth-order valence-electron chi connectivity index (χ4n) is 2.24. The molecule has 0 bridgehead atoms. The number of fused-ring (bicyclic) bond motifs is 3. The van der Waals surface area contributed by atoms with Crippen LogP contribution in [0.25, 0.3) is 28.2 Å². The molecule has 2 aromatic heterocycles. The number of hydrogen-bond donors (Lipinski definition) is 0. The van der Waals surface area contributed by atoms with E-state index < -0.39 is 0 Å². The number of aromatic nitrogens is 4. The highest BCUT2D eigenvalue weighted by atomic mass is 35.5. The molecule has 0 atom stereocenters. The van der Waals surface area contributed by atoms with Crippen LogP contribution in [0.1, 0.15) is 0 Å². The van der Waals surface area contributed by atoms with E-state index in [-0.39, 0.29) is 0 Å². The Balaban J connectivity index is 2.06. The van der Waals surface area contributed by atoms with Crippen molar-refractivity contribution in [1.82, 2.24) is 19.4 Å². The van der Waals surface area contributed by atoms with Gasteiger partial charge in [0.15, 0.2) is 5.82 Å². The van der Waals surface area contributed by atoms with Crippen LogP contribution in [0.4, 0.5) is 0 Å². The largest absolute Gasteiger partial charge is 0.251 e. The van der Waals surface area contributed by atoms with Crippen molar-refractivity contribution in [2.24, 2.45) is 0 Å². The van der Waals surface area contributed by atoms with Crippen LogP contribution in [-0.2, 0) is 0 Å². The van der Waals surface area contributed by atoms with E-state index in [0.717, 1.165) is 16.6 Å². The monoisotopic (exact) mass is 280 g/mol. The maximum atomic E-state index is 6.30. The zero-order valence-corrected chi connectivity index (χ0v) is 11.1. The van der Waals surface area contributed by atoms with E-state index in [4.69, 9.17) is 11.6 Å². The van der Waals surface area contributed by atoms with Gasteiger partial charge in [0, 0.05) is 5.56 Å². The highest BCUT2D eigenvalue weighted by Crippen LogP contribution is 2.22. The van der Waals surface area contributed by atoms with Crippen LogP contribution in [0, 0.1) is 0 Å². The summed E-state index contributed by atoms with van der Waals surface area (Å²) in [4.78, 5) is 13.4. The Bertz CT molecular complexity index is 915. The number of rotatable bonds is 1. The Morgan fingerprint density at radius 3 is 2.40 bits per heavy atom. The third kappa shape index (κ3) is 1.66. The second-order valence-corrected chi connectivity index (χ2v) is 4.76. The molecule has 2 heterocycles. The first kappa shape index (κ1) is 11.4. The molecule has 0 N–H and O–H groups in total. The molecule has 96 valence electrons. The van der Waals surface area contributed by atoms with Crippen LogP contribution in [-0.4, -0.2) is 19.4 Å². The Labute approximate surface area is 119 Å². The number of hydrogen-bond acceptors (Lipinski definition) is 3. The van der Waals surface area contributed by atoms with E-state index in [1.165, 1.54) is 0 Å². The summed E-state index contributed by atoms with van der Waals surface area (Å²) in [5.74, 6) is 1.14. The van der Waals surface area contributed by atoms with Gasteiger partial charge in [0.2, 0.25) is 11.1 Å². The predicted molar refractivity (Wildman–Crippen MR) is 78.7 cm³/mol. The summed E-state index contributed by atoms with van der Waals surface area (Å²) < 4.78 is 1.75. The first-order valence-corrected chi connectivity index (χ1v) is 6.57. The Kier molecular flexibility index (Phi) is 2.44. The fourth-order valence-corrected chi connectivity index (χ4v) is 2.49. The number of nitrogens with zero attached hydrogens (tertiary/aromatic N) is 4. The average Bonchev–Trinajstić information content (AvgIpc) is 2.87. The lowest BCUT2D eigenvalue weighted by Crippen LogP contribution is -1.98. The molecule has 0 spiro atoms. The van der Waals surface area contributed by atoms with Gasteiger partial charge in [0.1, 0.15) is 0 Å². The third-order valence-electron chi connectivity index (χ3n) is 3.16. The number of halogens is 1. The molecule has 0 radical (unpaired) electrons. The molecule has 2 aromatic carbocycles. The molecule has 0 aliphatic carbocycles. The summed E-state index contributed by atoms with van der Waals surface area (Å²) in [7, 11) is 0. The third-order valence-corrected chi connectivity index (χ3v) is 3.42. The number of benzene rings is 2. The van der Waals surface area contributed by atoms with Crippen molar-refractivity contribution >= 4 is 28.4 Å². The zero-order valence-electron chi connectivity index (χ0n) is 10.4. The second kappa shape index (κ2) is 4.28. The van der Waals surface area contributed by atoms with Gasteiger partial charge in [-0.05, 0) is 23.7 Å². The molecule has 20 heavy (non-hydrogen) atoms. The van der Waals surface area contributed by atoms with Crippen LogP contribution >= 0.6 is 11.6 Å². The lowest BCUT2D eigenvalue weighted by Gasteiger charge is -2.02. The quantitative estimate of drug-likeness (QED) is 0.535. The second-order valence-electron chi connectivity index (χ2n) is 4.42. The van der Waals surface area contributed by atoms with Crippen LogP contribution in [0.15, 0.2) is 54.6 Å². The van der Waals surface area contributed by atoms with Crippen molar-refractivity contribution in [3.8, 4) is 11.4 Å². The van der Waals surface area contributed by atoms with Gasteiger partial charge >= 0.3 is 0 Å². The van der Waals surface area contributed by atoms with Gasteiger partial charge in [-0.2, -0.15) is 9.97 Å². The summed E-state index contributed by atoms with van der Waals surface area (Å²) in [6.07, 6.45) is 0. The standard InChI is InChI=1S/C15H9ClN4/c16-14-18-13(10-6-2-1-3-7-10)19-15-17-11-8-4-5-9-12(11)20(14)15/h1-9H. The van der Waals surface area contributed by atoms with Gasteiger partial charge < -0.3 is 0 Å². The maximum Gasteiger partial charge on any atom is 0.239 e. The van der Waals surface area contributed by atoms with Gasteiger partial charge in [0.05, 0.1) is 11.0 Å². The van der Waals surface area contributed by atoms with Gasteiger partial charge in [-0.3, -0.25) is 4.40 Å². The molecule has 4 nitrogen and oxygen atoms in total. The number of imidazole rings is 1. The van der Waals surface area contributed by atoms with Gasteiger partial charge in [-0.1, -0.05) is 42.5 Å². The lowest BCUT2D eigenvalue weighted by molar-refractivity contribution is 1.04. The van der Waals surface area contributed by atoms with E-state index in [0.29, 0.717) is 16.9 Å². The molecule has 5 heteroatoms. The molecular weight excluding hydrogens is 272 g/mol. The zero-order chi connectivity index (χ0) is 13.5. The van der Waals surface area contributed by atoms with Crippen LogP contribution in [0.2, 0.25) is 5.28 Å². The highest BCUT2D eigenvalue weighted by molar-refractivity contribution is 6.29. The smallest absolute Gasteiger partial charge is 0.239 e. The molecular formula is C15H9ClN4. The van der Waals surface area contributed by atoms with Crippen molar-refractivity contribution < 1.29 is 0 Å². The van der Waals surface area contributed by atoms with Crippen molar-refractivity contribution in [1.29, 1.82) is 0 Å². The minimum Gasteiger partial charge on any atom is -0.251 e. The minimum absolute atomic E-state index is 0.363. The summed E-state index contributed by atoms with van der Waals surface area (Å²) >= 11 is 6.30. The Morgan fingerprint density at radius 2 is 1.55 bits per heavy atom. The number of para-hydroxylation sites is 2. The van der Waals surface area contributed by atoms with Crippen LogP contribution < -0.4 is 0 Å². The van der Waals surface area contributed by atoms with Gasteiger partial charge in [0.25, 0.3) is 0 Å². The highest BCUT2D eigenvalue weighted by Gasteiger charge is 2.12. The average molecular weight is 281 g/mol. The molecule has 0 aliphatic heterocycles. The topological polar surface area (TPSA) is 43.1 Å². The van der Waals surface area contributed by atoms with E-state index in [1.54, 1.807) is 4.40 Å². The van der Waals surface area contributed by atoms with E-state index in [9.17, 15) is 0 Å². The Hall–Kier alpha value is -2.46. The first-order chi connectivity index (χ1) is 9.83. The van der Waals surface area contributed by atoms with Gasteiger partial charge in [-0.15, -0.1) is 0 Å². The first-order valence-electron chi connectivity index (χ1n) is 6.19. The molecule has 0 amide bonds. The normalized spacial score (nSPS) is 11.2. The molecule has 0 saturated heterocycles. The molecule has 0 aliphatic rings. The molecule has 0 unspecified atom stereocenters. The van der Waals surface area contributed by atoms with E-state index >= 15 is 0 Å². The molecule has 0 saturated carbocycles. The summed E-state index contributed by atoms with van der Waals surface area (Å²) in [6.45, 7) is 0. The maximum absolute atomic E-state index is 6.30. The summed E-state index contributed by atoms with van der Waals surface area (Å²) in [5, 5.41) is 0.363. The van der Waals surface area contributed by atoms with E-state index in [2.05, 4.69) is 15.0 Å². The van der Waals surface area contributed by atoms with Crippen molar-refractivity contribution in [2.75, 3.05) is 0 Å². The Morgan fingerprint density at radius 1 is 0.800 bits per heavy atom. The van der Waals surface area contributed by atoms with Crippen molar-refractivity contribution in [3.05, 3.63) is 59.9 Å². The van der Waals surface area contributed by atoms with Crippen molar-refractivity contribution in [3.63, 3.8) is 0 Å². The molecule has 4 rings (SSSR count). The summed E-state index contributed by atoms with van der Waals surface area (Å²) in [5.41, 5.74) is 2.69. The molecule has 0 fully saturated rings. The van der Waals surface area contributed by atoms with Crippen LogP contribution in [0.5, 0.6) is 0 Å². The lowest BCUT2D eigenvalue weighted by atomic mass is 10.2. The van der Waals surface area contributed by atoms with Gasteiger partial charge in [-0.25, -0.2) is 4.98 Å². The van der Waals surface area contributed by atoms with Crippen molar-refractivity contribution in [2.45, 2.75) is 0 Å². The van der Waals surface area contributed by atoms with Crippen LogP contribution in [0.3, 0.4) is 0 Å². The fraction of sp³-hybridized carbons (Fsp3) is 0.